The fourth-order valence-corrected chi connectivity index (χ4v) is 6.18. The monoisotopic (exact) mass is 495 g/mol. The number of anilines is 2. The molecule has 3 aromatic rings. The van der Waals surface area contributed by atoms with Gasteiger partial charge >= 0.3 is 0 Å². The van der Waals surface area contributed by atoms with E-state index >= 15 is 0 Å². The standard InChI is InChI=1S/C26H29N3O3S2/c1-2-16-27-34(31,32)25-19-20(14-15-23(25)29-17-8-9-18-29)26(30)28-22-12-6-7-13-24(22)33-21-10-4-3-5-11-21/h3-7,10-15,19,27H,2,8-9,16-18H2,1H3,(H,28,30). The Morgan fingerprint density at radius 2 is 1.68 bits per heavy atom. The Labute approximate surface area is 205 Å². The van der Waals surface area contributed by atoms with E-state index in [1.807, 2.05) is 61.5 Å². The zero-order valence-corrected chi connectivity index (χ0v) is 20.8. The molecule has 0 radical (unpaired) electrons. The van der Waals surface area contributed by atoms with Crippen LogP contribution in [0.2, 0.25) is 0 Å². The Hall–Kier alpha value is -2.81. The molecule has 4 rings (SSSR count). The zero-order valence-electron chi connectivity index (χ0n) is 19.2. The van der Waals surface area contributed by atoms with E-state index in [2.05, 4.69) is 14.9 Å². The molecule has 34 heavy (non-hydrogen) atoms. The first-order valence-electron chi connectivity index (χ1n) is 11.5. The predicted octanol–water partition coefficient (Wildman–Crippen LogP) is 5.38. The molecule has 0 aromatic heterocycles. The van der Waals surface area contributed by atoms with E-state index in [0.717, 1.165) is 35.7 Å². The van der Waals surface area contributed by atoms with Gasteiger partial charge in [0.05, 0.1) is 11.4 Å². The predicted molar refractivity (Wildman–Crippen MR) is 138 cm³/mol. The van der Waals surface area contributed by atoms with Crippen molar-refractivity contribution in [1.29, 1.82) is 0 Å². The summed E-state index contributed by atoms with van der Waals surface area (Å²) in [5.41, 5.74) is 1.63. The van der Waals surface area contributed by atoms with Gasteiger partial charge in [-0.25, -0.2) is 13.1 Å². The van der Waals surface area contributed by atoms with Crippen LogP contribution < -0.4 is 14.9 Å². The molecule has 0 bridgehead atoms. The van der Waals surface area contributed by atoms with Gasteiger partial charge in [0.1, 0.15) is 4.90 Å². The number of hydrogen-bond donors (Lipinski definition) is 2. The van der Waals surface area contributed by atoms with Crippen LogP contribution in [-0.4, -0.2) is 34.0 Å². The van der Waals surface area contributed by atoms with Crippen molar-refractivity contribution in [2.75, 3.05) is 29.9 Å². The molecule has 178 valence electrons. The summed E-state index contributed by atoms with van der Waals surface area (Å²) >= 11 is 1.56. The molecule has 2 N–H and O–H groups in total. The molecule has 1 aliphatic heterocycles. The molecule has 0 aliphatic carbocycles. The summed E-state index contributed by atoms with van der Waals surface area (Å²) in [6.45, 7) is 3.89. The summed E-state index contributed by atoms with van der Waals surface area (Å²) < 4.78 is 28.8. The third-order valence-corrected chi connectivity index (χ3v) is 8.18. The van der Waals surface area contributed by atoms with Crippen LogP contribution in [0.5, 0.6) is 0 Å². The first-order chi connectivity index (χ1) is 16.5. The van der Waals surface area contributed by atoms with Crippen molar-refractivity contribution in [3.63, 3.8) is 0 Å². The summed E-state index contributed by atoms with van der Waals surface area (Å²) in [7, 11) is -3.74. The number of benzene rings is 3. The van der Waals surface area contributed by atoms with E-state index in [1.165, 1.54) is 6.07 Å². The van der Waals surface area contributed by atoms with E-state index < -0.39 is 10.0 Å². The van der Waals surface area contributed by atoms with Crippen LogP contribution >= 0.6 is 11.8 Å². The number of para-hydroxylation sites is 1. The van der Waals surface area contributed by atoms with Crippen molar-refractivity contribution < 1.29 is 13.2 Å². The number of amides is 1. The average molecular weight is 496 g/mol. The maximum absolute atomic E-state index is 13.2. The lowest BCUT2D eigenvalue weighted by atomic mass is 10.1. The smallest absolute Gasteiger partial charge is 0.255 e. The van der Waals surface area contributed by atoms with Gasteiger partial charge in [-0.05, 0) is 61.7 Å². The van der Waals surface area contributed by atoms with Gasteiger partial charge < -0.3 is 10.2 Å². The van der Waals surface area contributed by atoms with E-state index in [1.54, 1.807) is 23.9 Å². The Kier molecular flexibility index (Phi) is 7.92. The van der Waals surface area contributed by atoms with Crippen molar-refractivity contribution >= 4 is 39.1 Å². The largest absolute Gasteiger partial charge is 0.370 e. The van der Waals surface area contributed by atoms with Crippen LogP contribution in [0.15, 0.2) is 87.5 Å². The van der Waals surface area contributed by atoms with Crippen LogP contribution in [0.1, 0.15) is 36.5 Å². The van der Waals surface area contributed by atoms with Crippen LogP contribution in [0.4, 0.5) is 11.4 Å². The molecule has 0 saturated carbocycles. The average Bonchev–Trinajstić information content (AvgIpc) is 3.39. The van der Waals surface area contributed by atoms with Gasteiger partial charge in [0, 0.05) is 35.0 Å². The molecule has 1 heterocycles. The summed E-state index contributed by atoms with van der Waals surface area (Å²) in [4.78, 5) is 17.4. The van der Waals surface area contributed by atoms with E-state index in [-0.39, 0.29) is 10.8 Å². The second kappa shape index (κ2) is 11.1. The number of nitrogens with one attached hydrogen (secondary N) is 2. The SMILES string of the molecule is CCCNS(=O)(=O)c1cc(C(=O)Nc2ccccc2Sc2ccccc2)ccc1N1CCCC1. The Balaban J connectivity index is 1.62. The molecule has 0 atom stereocenters. The first-order valence-corrected chi connectivity index (χ1v) is 13.8. The normalized spacial score (nSPS) is 13.7. The summed E-state index contributed by atoms with van der Waals surface area (Å²) in [6.07, 6.45) is 2.74. The summed E-state index contributed by atoms with van der Waals surface area (Å²) in [5, 5.41) is 2.97. The molecule has 3 aromatic carbocycles. The second-order valence-electron chi connectivity index (χ2n) is 8.14. The lowest BCUT2D eigenvalue weighted by molar-refractivity contribution is 0.102. The van der Waals surface area contributed by atoms with Gasteiger partial charge in [-0.2, -0.15) is 0 Å². The fourth-order valence-electron chi connectivity index (χ4n) is 3.87. The van der Waals surface area contributed by atoms with Crippen LogP contribution in [0, 0.1) is 0 Å². The Morgan fingerprint density at radius 1 is 0.971 bits per heavy atom. The molecule has 8 heteroatoms. The summed E-state index contributed by atoms with van der Waals surface area (Å²) in [5.74, 6) is -0.346. The second-order valence-corrected chi connectivity index (χ2v) is 11.0. The number of carbonyl (C=O) groups excluding carboxylic acids is 1. The van der Waals surface area contributed by atoms with Gasteiger partial charge in [0.15, 0.2) is 0 Å². The molecule has 6 nitrogen and oxygen atoms in total. The maximum Gasteiger partial charge on any atom is 0.255 e. The first kappa shape index (κ1) is 24.3. The minimum absolute atomic E-state index is 0.155. The molecule has 0 spiro atoms. The lowest BCUT2D eigenvalue weighted by Crippen LogP contribution is -2.28. The highest BCUT2D eigenvalue weighted by Crippen LogP contribution is 2.34. The van der Waals surface area contributed by atoms with Crippen LogP contribution in [0.25, 0.3) is 0 Å². The zero-order chi connectivity index (χ0) is 24.0. The van der Waals surface area contributed by atoms with Gasteiger partial charge in [-0.1, -0.05) is 49.0 Å². The minimum atomic E-state index is -3.74. The number of carbonyl (C=O) groups is 1. The van der Waals surface area contributed by atoms with Crippen LogP contribution in [-0.2, 0) is 10.0 Å². The highest BCUT2D eigenvalue weighted by atomic mass is 32.2. The molecule has 1 aliphatic rings. The Bertz CT molecular complexity index is 1240. The van der Waals surface area contributed by atoms with Gasteiger partial charge in [0.25, 0.3) is 5.91 Å². The molecular formula is C26H29N3O3S2. The van der Waals surface area contributed by atoms with Crippen molar-refractivity contribution in [2.24, 2.45) is 0 Å². The number of sulfonamides is 1. The van der Waals surface area contributed by atoms with Crippen molar-refractivity contribution in [2.45, 2.75) is 40.9 Å². The van der Waals surface area contributed by atoms with Gasteiger partial charge in [-0.3, -0.25) is 4.79 Å². The topological polar surface area (TPSA) is 78.5 Å². The lowest BCUT2D eigenvalue weighted by Gasteiger charge is -2.22. The van der Waals surface area contributed by atoms with E-state index in [4.69, 9.17) is 0 Å². The fraction of sp³-hybridized carbons (Fsp3) is 0.269. The van der Waals surface area contributed by atoms with E-state index in [0.29, 0.717) is 29.9 Å². The summed E-state index contributed by atoms with van der Waals surface area (Å²) in [6, 6.07) is 22.5. The van der Waals surface area contributed by atoms with Crippen LogP contribution in [0.3, 0.4) is 0 Å². The molecule has 1 amide bonds. The highest BCUT2D eigenvalue weighted by molar-refractivity contribution is 7.99. The van der Waals surface area contributed by atoms with Crippen molar-refractivity contribution in [3.8, 4) is 0 Å². The molecular weight excluding hydrogens is 466 g/mol. The number of rotatable bonds is 9. The van der Waals surface area contributed by atoms with Gasteiger partial charge in [-0.15, -0.1) is 0 Å². The number of nitrogens with zero attached hydrogens (tertiary/aromatic N) is 1. The van der Waals surface area contributed by atoms with Crippen molar-refractivity contribution in [1.82, 2.24) is 4.72 Å². The van der Waals surface area contributed by atoms with Gasteiger partial charge in [0.2, 0.25) is 10.0 Å². The molecule has 1 fully saturated rings. The van der Waals surface area contributed by atoms with E-state index in [9.17, 15) is 13.2 Å². The maximum atomic E-state index is 13.2. The Morgan fingerprint density at radius 3 is 2.41 bits per heavy atom. The van der Waals surface area contributed by atoms with Crippen molar-refractivity contribution in [3.05, 3.63) is 78.4 Å². The molecule has 1 saturated heterocycles. The third-order valence-electron chi connectivity index (χ3n) is 5.61. The quantitative estimate of drug-likeness (QED) is 0.417. The highest BCUT2D eigenvalue weighted by Gasteiger charge is 2.25. The number of hydrogen-bond acceptors (Lipinski definition) is 5. The molecule has 0 unspecified atom stereocenters. The third kappa shape index (κ3) is 5.81. The minimum Gasteiger partial charge on any atom is -0.370 e.